The van der Waals surface area contributed by atoms with Crippen LogP contribution in [0.15, 0.2) is 30.3 Å². The predicted molar refractivity (Wildman–Crippen MR) is 150 cm³/mol. The summed E-state index contributed by atoms with van der Waals surface area (Å²) >= 11 is 1.72. The lowest BCUT2D eigenvalue weighted by atomic mass is 9.93. The standard InChI is InChI=1S/C16H22O4S.C13H22O7/c1-3-21-16-10(2)13(17)14-12(19-16)9-18-15(20-14)11-7-5-4-6-8-11;1-7-11(20-9(3)15)13(17-5)12(16-4)10(19-7)6-18-8(2)14/h4-8,10,12-17H,3,9H2,1-2H3;7,10-13H,6H2,1-5H3/t10?,12?,13-,14-,15?,16+;7-,10?,11?,12-,13+/m10/s1. The predicted octanol–water partition coefficient (Wildman–Crippen LogP) is 2.87. The molecule has 0 saturated carbocycles. The van der Waals surface area contributed by atoms with Gasteiger partial charge in [0.05, 0.1) is 18.8 Å². The van der Waals surface area contributed by atoms with Crippen molar-refractivity contribution < 1.29 is 52.6 Å². The van der Waals surface area contributed by atoms with Crippen molar-refractivity contribution in [3.8, 4) is 0 Å². The molecule has 11 atom stereocenters. The SMILES string of the molecule is CCS[C@@H]1OC2COC(c3ccccc3)O[C@H]2[C@H](O)C1C.CO[C@@H]1C(OC(C)=O)[C@H](C)OC(COC(C)=O)[C@@H]1OC. The molecule has 0 amide bonds. The highest BCUT2D eigenvalue weighted by Gasteiger charge is 2.48. The fourth-order valence-corrected chi connectivity index (χ4v) is 6.21. The van der Waals surface area contributed by atoms with E-state index in [9.17, 15) is 14.7 Å². The van der Waals surface area contributed by atoms with Crippen LogP contribution in [0.1, 0.15) is 46.5 Å². The molecule has 3 fully saturated rings. The quantitative estimate of drug-likeness (QED) is 0.441. The Morgan fingerprint density at radius 3 is 2.24 bits per heavy atom. The van der Waals surface area contributed by atoms with Gasteiger partial charge >= 0.3 is 11.9 Å². The van der Waals surface area contributed by atoms with E-state index in [1.54, 1.807) is 18.7 Å². The van der Waals surface area contributed by atoms with Gasteiger partial charge in [0, 0.05) is 39.5 Å². The van der Waals surface area contributed by atoms with Crippen LogP contribution < -0.4 is 0 Å². The maximum atomic E-state index is 11.2. The molecule has 0 spiro atoms. The fourth-order valence-electron chi connectivity index (χ4n) is 5.20. The molecule has 0 bridgehead atoms. The van der Waals surface area contributed by atoms with E-state index in [1.807, 2.05) is 37.3 Å². The number of carbonyl (C=O) groups excluding carboxylic acids is 2. The molecule has 12 heteroatoms. The van der Waals surface area contributed by atoms with Gasteiger partial charge in [0.25, 0.3) is 0 Å². The van der Waals surface area contributed by atoms with Gasteiger partial charge in [0.15, 0.2) is 12.4 Å². The highest BCUT2D eigenvalue weighted by Crippen LogP contribution is 2.39. The minimum Gasteiger partial charge on any atom is -0.463 e. The summed E-state index contributed by atoms with van der Waals surface area (Å²) in [5.41, 5.74) is 0.979. The lowest BCUT2D eigenvalue weighted by molar-refractivity contribution is -0.311. The highest BCUT2D eigenvalue weighted by molar-refractivity contribution is 7.99. The molecule has 5 unspecified atom stereocenters. The van der Waals surface area contributed by atoms with Crippen LogP contribution in [0.25, 0.3) is 0 Å². The van der Waals surface area contributed by atoms with Gasteiger partial charge in [-0.1, -0.05) is 44.2 Å². The molecular weight excluding hydrogens is 556 g/mol. The van der Waals surface area contributed by atoms with Crippen molar-refractivity contribution >= 4 is 23.7 Å². The Balaban J connectivity index is 0.000000226. The largest absolute Gasteiger partial charge is 0.463 e. The molecule has 3 aliphatic rings. The smallest absolute Gasteiger partial charge is 0.303 e. The first kappa shape index (κ1) is 33.7. The average Bonchev–Trinajstić information content (AvgIpc) is 2.96. The van der Waals surface area contributed by atoms with Gasteiger partial charge in [-0.25, -0.2) is 0 Å². The van der Waals surface area contributed by atoms with Crippen molar-refractivity contribution in [2.24, 2.45) is 5.92 Å². The first-order valence-corrected chi connectivity index (χ1v) is 14.9. The van der Waals surface area contributed by atoms with E-state index in [-0.39, 0.29) is 30.2 Å². The van der Waals surface area contributed by atoms with Crippen molar-refractivity contribution in [1.82, 2.24) is 0 Å². The van der Waals surface area contributed by atoms with Crippen molar-refractivity contribution in [1.29, 1.82) is 0 Å². The summed E-state index contributed by atoms with van der Waals surface area (Å²) in [4.78, 5) is 22.1. The van der Waals surface area contributed by atoms with Crippen LogP contribution in [-0.2, 0) is 47.5 Å². The Hall–Kier alpha value is -1.77. The van der Waals surface area contributed by atoms with Gasteiger partial charge in [-0.2, -0.15) is 0 Å². The van der Waals surface area contributed by atoms with E-state index in [2.05, 4.69) is 6.92 Å². The Kier molecular flexibility index (Phi) is 13.3. The number of hydrogen-bond donors (Lipinski definition) is 1. The van der Waals surface area contributed by atoms with Gasteiger partial charge < -0.3 is 43.0 Å². The molecule has 1 N–H and O–H groups in total. The van der Waals surface area contributed by atoms with Gasteiger partial charge in [-0.05, 0) is 12.7 Å². The van der Waals surface area contributed by atoms with E-state index < -0.39 is 54.9 Å². The number of fused-ring (bicyclic) bond motifs is 1. The van der Waals surface area contributed by atoms with E-state index >= 15 is 0 Å². The number of esters is 2. The number of methoxy groups -OCH3 is 2. The van der Waals surface area contributed by atoms with Crippen molar-refractivity contribution in [2.75, 3.05) is 33.2 Å². The molecule has 0 radical (unpaired) electrons. The van der Waals surface area contributed by atoms with Crippen LogP contribution >= 0.6 is 11.8 Å². The molecule has 1 aromatic carbocycles. The average molecular weight is 601 g/mol. The van der Waals surface area contributed by atoms with Crippen molar-refractivity contribution in [3.63, 3.8) is 0 Å². The summed E-state index contributed by atoms with van der Waals surface area (Å²) in [6, 6.07) is 9.82. The molecule has 11 nitrogen and oxygen atoms in total. The number of hydrogen-bond acceptors (Lipinski definition) is 12. The van der Waals surface area contributed by atoms with E-state index in [0.29, 0.717) is 6.61 Å². The molecule has 1 aromatic rings. The van der Waals surface area contributed by atoms with Crippen LogP contribution in [0.4, 0.5) is 0 Å². The fraction of sp³-hybridized carbons (Fsp3) is 0.724. The Morgan fingerprint density at radius 1 is 0.976 bits per heavy atom. The van der Waals surface area contributed by atoms with Gasteiger partial charge in [-0.15, -0.1) is 11.8 Å². The van der Waals surface area contributed by atoms with Crippen LogP contribution in [0.3, 0.4) is 0 Å². The number of carbonyl (C=O) groups is 2. The minimum atomic E-state index is -0.573. The second-order valence-corrected chi connectivity index (χ2v) is 11.6. The third kappa shape index (κ3) is 8.87. The second kappa shape index (κ2) is 16.2. The van der Waals surface area contributed by atoms with Crippen LogP contribution in [0, 0.1) is 5.92 Å². The molecule has 0 aliphatic carbocycles. The summed E-state index contributed by atoms with van der Waals surface area (Å²) in [6.07, 6.45) is -3.90. The molecular formula is C29H44O11S. The Labute approximate surface area is 246 Å². The van der Waals surface area contributed by atoms with E-state index in [0.717, 1.165) is 11.3 Å². The number of thioether (sulfide) groups is 1. The molecule has 0 aromatic heterocycles. The monoisotopic (exact) mass is 600 g/mol. The molecule has 3 heterocycles. The lowest BCUT2D eigenvalue weighted by Gasteiger charge is -2.47. The summed E-state index contributed by atoms with van der Waals surface area (Å²) in [7, 11) is 3.01. The third-order valence-electron chi connectivity index (χ3n) is 7.24. The number of benzene rings is 1. The minimum absolute atomic E-state index is 0.00623. The van der Waals surface area contributed by atoms with Crippen LogP contribution in [0.2, 0.25) is 0 Å². The van der Waals surface area contributed by atoms with Gasteiger partial charge in [0.1, 0.15) is 42.6 Å². The molecule has 41 heavy (non-hydrogen) atoms. The zero-order valence-corrected chi connectivity index (χ0v) is 25.6. The topological polar surface area (TPSA) is 128 Å². The second-order valence-electron chi connectivity index (χ2n) is 10.2. The number of aliphatic hydroxyl groups is 1. The number of aliphatic hydroxyl groups excluding tert-OH is 1. The molecule has 232 valence electrons. The number of rotatable bonds is 8. The zero-order valence-electron chi connectivity index (χ0n) is 24.8. The van der Waals surface area contributed by atoms with E-state index in [1.165, 1.54) is 28.1 Å². The van der Waals surface area contributed by atoms with Crippen molar-refractivity contribution in [3.05, 3.63) is 35.9 Å². The first-order valence-electron chi connectivity index (χ1n) is 13.9. The Morgan fingerprint density at radius 2 is 1.66 bits per heavy atom. The molecule has 3 saturated heterocycles. The summed E-state index contributed by atoms with van der Waals surface area (Å²) in [6.45, 7) is 9.05. The molecule has 3 aliphatic heterocycles. The summed E-state index contributed by atoms with van der Waals surface area (Å²) < 4.78 is 44.5. The zero-order chi connectivity index (χ0) is 30.1. The van der Waals surface area contributed by atoms with Crippen LogP contribution in [-0.4, -0.2) is 104 Å². The maximum absolute atomic E-state index is 11.2. The van der Waals surface area contributed by atoms with Gasteiger partial charge in [-0.3, -0.25) is 9.59 Å². The maximum Gasteiger partial charge on any atom is 0.303 e. The Bertz CT molecular complexity index is 948. The normalized spacial score (nSPS) is 36.7. The first-order chi connectivity index (χ1) is 19.6. The highest BCUT2D eigenvalue weighted by atomic mass is 32.2. The summed E-state index contributed by atoms with van der Waals surface area (Å²) in [5, 5.41) is 10.6. The van der Waals surface area contributed by atoms with Gasteiger partial charge in [0.2, 0.25) is 0 Å². The molecule has 4 rings (SSSR count). The third-order valence-corrected chi connectivity index (χ3v) is 8.44. The number of ether oxygens (including phenoxy) is 8. The van der Waals surface area contributed by atoms with Crippen molar-refractivity contribution in [2.45, 2.75) is 95.2 Å². The van der Waals surface area contributed by atoms with E-state index in [4.69, 9.17) is 37.9 Å². The van der Waals surface area contributed by atoms with Crippen LogP contribution in [0.5, 0.6) is 0 Å². The summed E-state index contributed by atoms with van der Waals surface area (Å²) in [5.74, 6) is 0.201. The lowest BCUT2D eigenvalue weighted by Crippen LogP contribution is -2.60.